The molecular formula is C12H14N2O2. The summed E-state index contributed by atoms with van der Waals surface area (Å²) >= 11 is 0. The third kappa shape index (κ3) is 1.95. The van der Waals surface area contributed by atoms with Gasteiger partial charge in [-0.1, -0.05) is 6.07 Å². The predicted octanol–water partition coefficient (Wildman–Crippen LogP) is 1.93. The number of rotatable bonds is 3. The van der Waals surface area contributed by atoms with Gasteiger partial charge in [-0.2, -0.15) is 5.26 Å². The molecule has 16 heavy (non-hydrogen) atoms. The molecule has 0 aromatic heterocycles. The maximum Gasteiger partial charge on any atom is 0.231 e. The molecule has 0 amide bonds. The van der Waals surface area contributed by atoms with Gasteiger partial charge in [0.05, 0.1) is 12.5 Å². The first-order chi connectivity index (χ1) is 7.72. The smallest absolute Gasteiger partial charge is 0.231 e. The van der Waals surface area contributed by atoms with Crippen LogP contribution in [-0.2, 0) is 0 Å². The summed E-state index contributed by atoms with van der Waals surface area (Å²) < 4.78 is 10.6. The summed E-state index contributed by atoms with van der Waals surface area (Å²) in [7, 11) is 3.93. The van der Waals surface area contributed by atoms with Crippen LogP contribution in [0.15, 0.2) is 18.2 Å². The van der Waals surface area contributed by atoms with Crippen LogP contribution in [0.5, 0.6) is 11.5 Å². The lowest BCUT2D eigenvalue weighted by molar-refractivity contribution is 0.174. The predicted molar refractivity (Wildman–Crippen MR) is 59.2 cm³/mol. The van der Waals surface area contributed by atoms with E-state index in [-0.39, 0.29) is 12.8 Å². The molecule has 1 aromatic rings. The molecule has 1 aliphatic rings. The minimum Gasteiger partial charge on any atom is -0.454 e. The molecule has 0 spiro atoms. The van der Waals surface area contributed by atoms with Crippen molar-refractivity contribution in [1.82, 2.24) is 4.90 Å². The summed E-state index contributed by atoms with van der Waals surface area (Å²) in [6.07, 6.45) is 0.465. The van der Waals surface area contributed by atoms with Crippen molar-refractivity contribution < 1.29 is 9.47 Å². The van der Waals surface area contributed by atoms with E-state index in [4.69, 9.17) is 14.7 Å². The van der Waals surface area contributed by atoms with Crippen molar-refractivity contribution in [2.24, 2.45) is 0 Å². The van der Waals surface area contributed by atoms with Crippen LogP contribution in [0.3, 0.4) is 0 Å². The van der Waals surface area contributed by atoms with Gasteiger partial charge in [0.1, 0.15) is 0 Å². The molecule has 0 saturated heterocycles. The molecule has 0 fully saturated rings. The van der Waals surface area contributed by atoms with E-state index in [0.29, 0.717) is 6.42 Å². The Balaban J connectivity index is 2.29. The van der Waals surface area contributed by atoms with Gasteiger partial charge >= 0.3 is 0 Å². The molecule has 0 bridgehead atoms. The molecule has 1 heterocycles. The fraction of sp³-hybridized carbons (Fsp3) is 0.417. The number of ether oxygens (including phenoxy) is 2. The second-order valence-electron chi connectivity index (χ2n) is 3.95. The molecule has 0 saturated carbocycles. The minimum absolute atomic E-state index is 0.0968. The number of fused-ring (bicyclic) bond motifs is 1. The van der Waals surface area contributed by atoms with E-state index in [1.165, 1.54) is 0 Å². The molecule has 0 radical (unpaired) electrons. The highest BCUT2D eigenvalue weighted by Gasteiger charge is 2.19. The molecule has 1 aromatic carbocycles. The lowest BCUT2D eigenvalue weighted by atomic mass is 10.0. The van der Waals surface area contributed by atoms with Crippen LogP contribution in [0.4, 0.5) is 0 Å². The Morgan fingerprint density at radius 2 is 2.12 bits per heavy atom. The summed E-state index contributed by atoms with van der Waals surface area (Å²) in [5.41, 5.74) is 1.08. The van der Waals surface area contributed by atoms with Gasteiger partial charge in [-0.15, -0.1) is 0 Å². The molecule has 2 rings (SSSR count). The Labute approximate surface area is 95.0 Å². The largest absolute Gasteiger partial charge is 0.454 e. The van der Waals surface area contributed by atoms with Crippen molar-refractivity contribution in [3.63, 3.8) is 0 Å². The van der Waals surface area contributed by atoms with Crippen LogP contribution in [0, 0.1) is 11.3 Å². The Kier molecular flexibility index (Phi) is 2.97. The normalized spacial score (nSPS) is 14.9. The van der Waals surface area contributed by atoms with Gasteiger partial charge in [-0.25, -0.2) is 0 Å². The number of hydrogen-bond donors (Lipinski definition) is 0. The Morgan fingerprint density at radius 3 is 2.81 bits per heavy atom. The first-order valence-electron chi connectivity index (χ1n) is 5.15. The average molecular weight is 218 g/mol. The van der Waals surface area contributed by atoms with E-state index in [2.05, 4.69) is 6.07 Å². The van der Waals surface area contributed by atoms with E-state index in [1.807, 2.05) is 37.2 Å². The number of hydrogen-bond acceptors (Lipinski definition) is 4. The fourth-order valence-electron chi connectivity index (χ4n) is 1.81. The van der Waals surface area contributed by atoms with Crippen LogP contribution in [0.1, 0.15) is 18.0 Å². The lowest BCUT2D eigenvalue weighted by Gasteiger charge is -2.22. The van der Waals surface area contributed by atoms with Crippen LogP contribution < -0.4 is 9.47 Å². The second-order valence-corrected chi connectivity index (χ2v) is 3.95. The molecular weight excluding hydrogens is 204 g/mol. The molecule has 1 unspecified atom stereocenters. The number of nitrogens with zero attached hydrogens (tertiary/aromatic N) is 2. The van der Waals surface area contributed by atoms with Gasteiger partial charge in [0.15, 0.2) is 11.5 Å². The molecule has 4 heteroatoms. The second kappa shape index (κ2) is 4.42. The quantitative estimate of drug-likeness (QED) is 0.777. The van der Waals surface area contributed by atoms with Gasteiger partial charge < -0.3 is 14.4 Å². The van der Waals surface area contributed by atoms with Gasteiger partial charge in [0.25, 0.3) is 0 Å². The van der Waals surface area contributed by atoms with Crippen LogP contribution >= 0.6 is 0 Å². The average Bonchev–Trinajstić information content (AvgIpc) is 2.72. The Morgan fingerprint density at radius 1 is 1.38 bits per heavy atom. The minimum atomic E-state index is 0.0968. The zero-order valence-electron chi connectivity index (χ0n) is 9.43. The fourth-order valence-corrected chi connectivity index (χ4v) is 1.81. The Bertz CT molecular complexity index is 424. The van der Waals surface area contributed by atoms with Gasteiger partial charge in [0.2, 0.25) is 6.79 Å². The maximum atomic E-state index is 8.81. The Hall–Kier alpha value is -1.73. The monoisotopic (exact) mass is 218 g/mol. The summed E-state index contributed by atoms with van der Waals surface area (Å²) in [4.78, 5) is 2.03. The van der Waals surface area contributed by atoms with Crippen LogP contribution in [0.2, 0.25) is 0 Å². The molecule has 1 atom stereocenters. The molecule has 1 aliphatic heterocycles. The van der Waals surface area contributed by atoms with Gasteiger partial charge in [-0.3, -0.25) is 0 Å². The first kappa shape index (κ1) is 10.8. The van der Waals surface area contributed by atoms with E-state index < -0.39 is 0 Å². The van der Waals surface area contributed by atoms with Gasteiger partial charge in [-0.05, 0) is 31.8 Å². The maximum absolute atomic E-state index is 8.81. The van der Waals surface area contributed by atoms with Crippen molar-refractivity contribution in [2.45, 2.75) is 12.5 Å². The highest BCUT2D eigenvalue weighted by atomic mass is 16.7. The van der Waals surface area contributed by atoms with Crippen molar-refractivity contribution in [3.8, 4) is 17.6 Å². The SMILES string of the molecule is CN(C)C(CC#N)c1ccc2c(c1)OCO2. The molecule has 0 N–H and O–H groups in total. The van der Waals surface area contributed by atoms with Crippen LogP contribution in [-0.4, -0.2) is 25.8 Å². The van der Waals surface area contributed by atoms with E-state index in [9.17, 15) is 0 Å². The summed E-state index contributed by atoms with van der Waals surface area (Å²) in [6, 6.07) is 8.12. The first-order valence-corrected chi connectivity index (χ1v) is 5.15. The molecule has 0 aliphatic carbocycles. The summed E-state index contributed by atoms with van der Waals surface area (Å²) in [6.45, 7) is 0.281. The highest BCUT2D eigenvalue weighted by Crippen LogP contribution is 2.35. The topological polar surface area (TPSA) is 45.5 Å². The highest BCUT2D eigenvalue weighted by molar-refractivity contribution is 5.45. The summed E-state index contributed by atoms with van der Waals surface area (Å²) in [5, 5.41) is 8.81. The van der Waals surface area contributed by atoms with E-state index in [0.717, 1.165) is 17.1 Å². The molecule has 4 nitrogen and oxygen atoms in total. The van der Waals surface area contributed by atoms with E-state index >= 15 is 0 Å². The van der Waals surface area contributed by atoms with Gasteiger partial charge in [0, 0.05) is 6.04 Å². The zero-order valence-corrected chi connectivity index (χ0v) is 9.43. The van der Waals surface area contributed by atoms with Crippen molar-refractivity contribution in [3.05, 3.63) is 23.8 Å². The van der Waals surface area contributed by atoms with Crippen molar-refractivity contribution >= 4 is 0 Å². The lowest BCUT2D eigenvalue weighted by Crippen LogP contribution is -2.19. The standard InChI is InChI=1S/C12H14N2O2/c1-14(2)10(5-6-13)9-3-4-11-12(7-9)16-8-15-11/h3-4,7,10H,5,8H2,1-2H3. The zero-order chi connectivity index (χ0) is 11.5. The van der Waals surface area contributed by atoms with Crippen molar-refractivity contribution in [2.75, 3.05) is 20.9 Å². The third-order valence-electron chi connectivity index (χ3n) is 2.69. The molecule has 84 valence electrons. The summed E-state index contributed by atoms with van der Waals surface area (Å²) in [5.74, 6) is 1.54. The number of benzene rings is 1. The third-order valence-corrected chi connectivity index (χ3v) is 2.69. The van der Waals surface area contributed by atoms with Crippen molar-refractivity contribution in [1.29, 1.82) is 5.26 Å². The van der Waals surface area contributed by atoms with E-state index in [1.54, 1.807) is 0 Å². The number of nitriles is 1. The van der Waals surface area contributed by atoms with Crippen LogP contribution in [0.25, 0.3) is 0 Å².